The molecule has 3 aromatic rings. The lowest BCUT2D eigenvalue weighted by atomic mass is 9.93. The molecule has 0 aliphatic carbocycles. The Morgan fingerprint density at radius 2 is 1.82 bits per heavy atom. The molecule has 4 nitrogen and oxygen atoms in total. The second kappa shape index (κ2) is 8.19. The molecule has 1 aromatic heterocycles. The molecule has 0 radical (unpaired) electrons. The Kier molecular flexibility index (Phi) is 5.90. The van der Waals surface area contributed by atoms with E-state index in [9.17, 15) is 4.79 Å². The van der Waals surface area contributed by atoms with Crippen molar-refractivity contribution >= 4 is 28.5 Å². The highest BCUT2D eigenvalue weighted by Gasteiger charge is 2.26. The summed E-state index contributed by atoms with van der Waals surface area (Å²) in [6.45, 7) is 9.90. The molecule has 0 aliphatic rings. The normalized spacial score (nSPS) is 11.1. The first kappa shape index (κ1) is 20.2. The second-order valence-corrected chi connectivity index (χ2v) is 7.39. The number of ether oxygens (including phenoxy) is 2. The van der Waals surface area contributed by atoms with Crippen molar-refractivity contribution in [2.24, 2.45) is 0 Å². The molecule has 0 atom stereocenters. The Labute approximate surface area is 170 Å². The standard InChI is InChI=1S/C23H24ClNO3/c1-6-27-23(26)21-20(16-9-7-8-10-18(16)24)17-11-14(4)15(5)12-19(17)25-22(21)28-13(2)3/h7-13H,6H2,1-5H3. The molecule has 0 spiro atoms. The summed E-state index contributed by atoms with van der Waals surface area (Å²) in [5.74, 6) is -0.208. The molecule has 3 rings (SSSR count). The van der Waals surface area contributed by atoms with Crippen molar-refractivity contribution in [2.75, 3.05) is 6.61 Å². The summed E-state index contributed by atoms with van der Waals surface area (Å²) in [5, 5.41) is 1.39. The molecule has 146 valence electrons. The van der Waals surface area contributed by atoms with Crippen molar-refractivity contribution in [3.63, 3.8) is 0 Å². The number of nitrogens with zero attached hydrogens (tertiary/aromatic N) is 1. The summed E-state index contributed by atoms with van der Waals surface area (Å²) in [4.78, 5) is 17.6. The van der Waals surface area contributed by atoms with E-state index in [1.807, 2.05) is 64.1 Å². The Morgan fingerprint density at radius 1 is 1.14 bits per heavy atom. The minimum absolute atomic E-state index is 0.149. The lowest BCUT2D eigenvalue weighted by Crippen LogP contribution is -2.15. The van der Waals surface area contributed by atoms with E-state index >= 15 is 0 Å². The number of carbonyl (C=O) groups excluding carboxylic acids is 1. The number of carbonyl (C=O) groups is 1. The Hall–Kier alpha value is -2.59. The topological polar surface area (TPSA) is 48.4 Å². The number of hydrogen-bond acceptors (Lipinski definition) is 4. The van der Waals surface area contributed by atoms with E-state index < -0.39 is 5.97 Å². The van der Waals surface area contributed by atoms with Gasteiger partial charge in [0.15, 0.2) is 0 Å². The van der Waals surface area contributed by atoms with Crippen LogP contribution in [0.3, 0.4) is 0 Å². The van der Waals surface area contributed by atoms with Crippen molar-refractivity contribution in [1.82, 2.24) is 4.98 Å². The lowest BCUT2D eigenvalue weighted by molar-refractivity contribution is 0.0520. The van der Waals surface area contributed by atoms with Gasteiger partial charge in [0.25, 0.3) is 0 Å². The highest BCUT2D eigenvalue weighted by atomic mass is 35.5. The molecular formula is C23H24ClNO3. The molecule has 0 unspecified atom stereocenters. The van der Waals surface area contributed by atoms with Gasteiger partial charge in [-0.2, -0.15) is 0 Å². The summed E-state index contributed by atoms with van der Waals surface area (Å²) in [6.07, 6.45) is -0.149. The van der Waals surface area contributed by atoms with E-state index in [4.69, 9.17) is 21.1 Å². The molecule has 5 heteroatoms. The third-order valence-corrected chi connectivity index (χ3v) is 4.87. The van der Waals surface area contributed by atoms with Crippen LogP contribution < -0.4 is 4.74 Å². The molecule has 0 fully saturated rings. The summed E-state index contributed by atoms with van der Waals surface area (Å²) in [6, 6.07) is 11.5. The summed E-state index contributed by atoms with van der Waals surface area (Å²) >= 11 is 6.53. The number of hydrogen-bond donors (Lipinski definition) is 0. The van der Waals surface area contributed by atoms with Crippen LogP contribution in [0.15, 0.2) is 36.4 Å². The number of aromatic nitrogens is 1. The average Bonchev–Trinajstić information content (AvgIpc) is 2.62. The molecule has 0 N–H and O–H groups in total. The Balaban J connectivity index is 2.49. The van der Waals surface area contributed by atoms with Crippen LogP contribution in [0.5, 0.6) is 5.88 Å². The first-order chi connectivity index (χ1) is 13.3. The predicted molar refractivity (Wildman–Crippen MR) is 113 cm³/mol. The van der Waals surface area contributed by atoms with Crippen molar-refractivity contribution in [2.45, 2.75) is 40.7 Å². The smallest absolute Gasteiger partial charge is 0.344 e. The van der Waals surface area contributed by atoms with E-state index in [0.717, 1.165) is 27.6 Å². The van der Waals surface area contributed by atoms with E-state index in [0.29, 0.717) is 16.1 Å². The van der Waals surface area contributed by atoms with Gasteiger partial charge in [-0.25, -0.2) is 9.78 Å². The number of aryl methyl sites for hydroxylation is 2. The van der Waals surface area contributed by atoms with Gasteiger partial charge in [0.1, 0.15) is 5.56 Å². The molecule has 0 aliphatic heterocycles. The number of esters is 1. The third kappa shape index (κ3) is 3.83. The summed E-state index contributed by atoms with van der Waals surface area (Å²) in [7, 11) is 0. The van der Waals surface area contributed by atoms with Crippen LogP contribution in [-0.2, 0) is 4.74 Å². The van der Waals surface area contributed by atoms with Gasteiger partial charge >= 0.3 is 5.97 Å². The quantitative estimate of drug-likeness (QED) is 0.485. The molecule has 2 aromatic carbocycles. The van der Waals surface area contributed by atoms with Gasteiger partial charge in [0.2, 0.25) is 5.88 Å². The SMILES string of the molecule is CCOC(=O)c1c(OC(C)C)nc2cc(C)c(C)cc2c1-c1ccccc1Cl. The fourth-order valence-corrected chi connectivity index (χ4v) is 3.38. The monoisotopic (exact) mass is 397 g/mol. The molecule has 28 heavy (non-hydrogen) atoms. The lowest BCUT2D eigenvalue weighted by Gasteiger charge is -2.19. The fraction of sp³-hybridized carbons (Fsp3) is 0.304. The van der Waals surface area contributed by atoms with Gasteiger partial charge in [-0.1, -0.05) is 29.8 Å². The van der Waals surface area contributed by atoms with Crippen LogP contribution >= 0.6 is 11.6 Å². The zero-order valence-electron chi connectivity index (χ0n) is 16.8. The second-order valence-electron chi connectivity index (χ2n) is 6.99. The van der Waals surface area contributed by atoms with Crippen LogP contribution in [-0.4, -0.2) is 23.7 Å². The van der Waals surface area contributed by atoms with Gasteiger partial charge in [-0.15, -0.1) is 0 Å². The van der Waals surface area contributed by atoms with Crippen molar-refractivity contribution in [3.05, 3.63) is 58.1 Å². The number of fused-ring (bicyclic) bond motifs is 1. The Morgan fingerprint density at radius 3 is 2.46 bits per heavy atom. The fourth-order valence-electron chi connectivity index (χ4n) is 3.15. The number of rotatable bonds is 5. The molecule has 0 amide bonds. The predicted octanol–water partition coefficient (Wildman–Crippen LogP) is 6.14. The highest BCUT2D eigenvalue weighted by Crippen LogP contribution is 2.40. The maximum Gasteiger partial charge on any atom is 0.344 e. The van der Waals surface area contributed by atoms with Crippen LogP contribution in [0.1, 0.15) is 42.3 Å². The van der Waals surface area contributed by atoms with E-state index in [-0.39, 0.29) is 18.6 Å². The summed E-state index contributed by atoms with van der Waals surface area (Å²) < 4.78 is 11.3. The molecule has 0 bridgehead atoms. The summed E-state index contributed by atoms with van der Waals surface area (Å²) in [5.41, 5.74) is 4.71. The zero-order chi connectivity index (χ0) is 20.4. The molecule has 0 saturated carbocycles. The van der Waals surface area contributed by atoms with Gasteiger partial charge in [0, 0.05) is 21.5 Å². The zero-order valence-corrected chi connectivity index (χ0v) is 17.6. The number of halogens is 1. The number of benzene rings is 2. The maximum atomic E-state index is 13.0. The van der Waals surface area contributed by atoms with Gasteiger partial charge < -0.3 is 9.47 Å². The highest BCUT2D eigenvalue weighted by molar-refractivity contribution is 6.34. The largest absolute Gasteiger partial charge is 0.474 e. The van der Waals surface area contributed by atoms with E-state index in [2.05, 4.69) is 4.98 Å². The molecule has 1 heterocycles. The van der Waals surface area contributed by atoms with Crippen molar-refractivity contribution in [3.8, 4) is 17.0 Å². The van der Waals surface area contributed by atoms with Crippen LogP contribution in [0.25, 0.3) is 22.0 Å². The maximum absolute atomic E-state index is 13.0. The van der Waals surface area contributed by atoms with Crippen LogP contribution in [0.2, 0.25) is 5.02 Å². The average molecular weight is 398 g/mol. The van der Waals surface area contributed by atoms with Gasteiger partial charge in [-0.3, -0.25) is 0 Å². The van der Waals surface area contributed by atoms with Crippen LogP contribution in [0.4, 0.5) is 0 Å². The van der Waals surface area contributed by atoms with Crippen molar-refractivity contribution < 1.29 is 14.3 Å². The Bertz CT molecular complexity index is 1040. The molecular weight excluding hydrogens is 374 g/mol. The first-order valence-corrected chi connectivity index (χ1v) is 9.74. The van der Waals surface area contributed by atoms with Crippen LogP contribution in [0, 0.1) is 13.8 Å². The van der Waals surface area contributed by atoms with E-state index in [1.54, 1.807) is 6.92 Å². The third-order valence-electron chi connectivity index (χ3n) is 4.54. The first-order valence-electron chi connectivity index (χ1n) is 9.37. The van der Waals surface area contributed by atoms with Gasteiger partial charge in [-0.05, 0) is 63.9 Å². The van der Waals surface area contributed by atoms with Crippen molar-refractivity contribution in [1.29, 1.82) is 0 Å². The molecule has 0 saturated heterocycles. The van der Waals surface area contributed by atoms with Gasteiger partial charge in [0.05, 0.1) is 18.2 Å². The van der Waals surface area contributed by atoms with E-state index in [1.165, 1.54) is 0 Å². The number of pyridine rings is 1. The minimum atomic E-state index is -0.472. The minimum Gasteiger partial charge on any atom is -0.474 e.